The standard InChI is InChI=1S/C21H28F3N3O5/c1-20(2,3)32-19(29)26-6-4-5-14(11-26)12-27(18(28)21(22,23)24)13-15-9-16-17(10-25-15)31-8-7-30-16/h9-10,14H,4-8,11-13H2,1-3H3. The Kier molecular flexibility index (Phi) is 7.04. The summed E-state index contributed by atoms with van der Waals surface area (Å²) in [6.45, 7) is 6.11. The summed E-state index contributed by atoms with van der Waals surface area (Å²) in [6.07, 6.45) is -2.95. The lowest BCUT2D eigenvalue weighted by atomic mass is 9.97. The number of nitrogens with zero attached hydrogens (tertiary/aromatic N) is 3. The molecular formula is C21H28F3N3O5. The molecule has 1 fully saturated rings. The van der Waals surface area contributed by atoms with E-state index in [2.05, 4.69) is 4.98 Å². The Morgan fingerprint density at radius 2 is 1.91 bits per heavy atom. The molecule has 0 aliphatic carbocycles. The van der Waals surface area contributed by atoms with Gasteiger partial charge in [0.05, 0.1) is 18.4 Å². The number of carbonyl (C=O) groups excluding carboxylic acids is 2. The van der Waals surface area contributed by atoms with Gasteiger partial charge in [0.2, 0.25) is 0 Å². The molecule has 2 aliphatic rings. The molecule has 2 aliphatic heterocycles. The molecule has 3 rings (SSSR count). The normalized spacial score (nSPS) is 18.8. The number of piperidine rings is 1. The van der Waals surface area contributed by atoms with E-state index in [4.69, 9.17) is 14.2 Å². The van der Waals surface area contributed by atoms with E-state index in [0.29, 0.717) is 44.1 Å². The minimum atomic E-state index is -5.02. The van der Waals surface area contributed by atoms with Gasteiger partial charge in [0, 0.05) is 25.7 Å². The van der Waals surface area contributed by atoms with Crippen LogP contribution in [0, 0.1) is 5.92 Å². The Morgan fingerprint density at radius 3 is 2.56 bits per heavy atom. The number of aromatic nitrogens is 1. The van der Waals surface area contributed by atoms with Gasteiger partial charge in [-0.3, -0.25) is 9.78 Å². The molecule has 178 valence electrons. The van der Waals surface area contributed by atoms with E-state index in [1.807, 2.05) is 0 Å². The van der Waals surface area contributed by atoms with Crippen molar-refractivity contribution in [2.24, 2.45) is 5.92 Å². The van der Waals surface area contributed by atoms with E-state index in [1.54, 1.807) is 20.8 Å². The summed E-state index contributed by atoms with van der Waals surface area (Å²) < 4.78 is 56.0. The summed E-state index contributed by atoms with van der Waals surface area (Å²) in [4.78, 5) is 30.9. The maximum Gasteiger partial charge on any atom is 0.471 e. The number of alkyl halides is 3. The van der Waals surface area contributed by atoms with Crippen LogP contribution in [0.5, 0.6) is 11.5 Å². The number of hydrogen-bond acceptors (Lipinski definition) is 6. The Hall–Kier alpha value is -2.72. The Balaban J connectivity index is 1.72. The van der Waals surface area contributed by atoms with Crippen LogP contribution in [0.25, 0.3) is 0 Å². The Labute approximate surface area is 184 Å². The van der Waals surface area contributed by atoms with Gasteiger partial charge in [-0.2, -0.15) is 13.2 Å². The zero-order chi connectivity index (χ0) is 23.5. The number of amides is 2. The van der Waals surface area contributed by atoms with Gasteiger partial charge in [-0.15, -0.1) is 0 Å². The molecule has 0 radical (unpaired) electrons. The summed E-state index contributed by atoms with van der Waals surface area (Å²) >= 11 is 0. The van der Waals surface area contributed by atoms with Gasteiger partial charge >= 0.3 is 18.2 Å². The second-order valence-electron chi connectivity index (χ2n) is 8.94. The van der Waals surface area contributed by atoms with Crippen LogP contribution in [0.2, 0.25) is 0 Å². The van der Waals surface area contributed by atoms with Gasteiger partial charge in [0.25, 0.3) is 0 Å². The zero-order valence-corrected chi connectivity index (χ0v) is 18.4. The smallest absolute Gasteiger partial charge is 0.471 e. The number of hydrogen-bond donors (Lipinski definition) is 0. The van der Waals surface area contributed by atoms with E-state index in [-0.39, 0.29) is 31.2 Å². The second-order valence-corrected chi connectivity index (χ2v) is 8.94. The third-order valence-corrected chi connectivity index (χ3v) is 5.02. The second kappa shape index (κ2) is 9.41. The highest BCUT2D eigenvalue weighted by atomic mass is 19.4. The van der Waals surface area contributed by atoms with Crippen molar-refractivity contribution in [3.8, 4) is 11.5 Å². The van der Waals surface area contributed by atoms with Gasteiger partial charge in [0.1, 0.15) is 18.8 Å². The average molecular weight is 459 g/mol. The minimum absolute atomic E-state index is 0.159. The molecule has 3 heterocycles. The first-order chi connectivity index (χ1) is 14.9. The molecule has 1 saturated heterocycles. The van der Waals surface area contributed by atoms with Crippen molar-refractivity contribution in [3.05, 3.63) is 18.0 Å². The molecule has 0 bridgehead atoms. The van der Waals surface area contributed by atoms with Crippen molar-refractivity contribution in [3.63, 3.8) is 0 Å². The van der Waals surface area contributed by atoms with Gasteiger partial charge in [-0.05, 0) is 39.5 Å². The number of likely N-dealkylation sites (tertiary alicyclic amines) is 1. The Bertz CT molecular complexity index is 841. The number of pyridine rings is 1. The lowest BCUT2D eigenvalue weighted by Crippen LogP contribution is -2.48. The topological polar surface area (TPSA) is 81.2 Å². The molecule has 2 amide bonds. The van der Waals surface area contributed by atoms with Crippen LogP contribution < -0.4 is 9.47 Å². The van der Waals surface area contributed by atoms with Crippen molar-refractivity contribution in [2.45, 2.75) is 51.9 Å². The van der Waals surface area contributed by atoms with Crippen molar-refractivity contribution in [1.29, 1.82) is 0 Å². The van der Waals surface area contributed by atoms with Crippen molar-refractivity contribution < 1.29 is 37.0 Å². The molecule has 1 aromatic rings. The number of fused-ring (bicyclic) bond motifs is 1. The molecule has 0 saturated carbocycles. The molecule has 1 aromatic heterocycles. The van der Waals surface area contributed by atoms with E-state index >= 15 is 0 Å². The van der Waals surface area contributed by atoms with E-state index in [0.717, 1.165) is 4.90 Å². The third kappa shape index (κ3) is 6.39. The largest absolute Gasteiger partial charge is 0.486 e. The maximum absolute atomic E-state index is 13.3. The number of carbonyl (C=O) groups is 2. The molecule has 0 aromatic carbocycles. The van der Waals surface area contributed by atoms with Crippen LogP contribution in [0.4, 0.5) is 18.0 Å². The van der Waals surface area contributed by atoms with E-state index in [1.165, 1.54) is 17.2 Å². The first-order valence-corrected chi connectivity index (χ1v) is 10.5. The average Bonchev–Trinajstić information content (AvgIpc) is 2.71. The maximum atomic E-state index is 13.3. The molecule has 32 heavy (non-hydrogen) atoms. The van der Waals surface area contributed by atoms with Crippen LogP contribution in [-0.4, -0.2) is 71.4 Å². The van der Waals surface area contributed by atoms with Gasteiger partial charge in [0.15, 0.2) is 11.5 Å². The van der Waals surface area contributed by atoms with Crippen molar-refractivity contribution >= 4 is 12.0 Å². The molecule has 0 spiro atoms. The summed E-state index contributed by atoms with van der Waals surface area (Å²) in [5.41, 5.74) is -0.418. The van der Waals surface area contributed by atoms with Gasteiger partial charge in [-0.1, -0.05) is 0 Å². The molecular weight excluding hydrogens is 431 g/mol. The zero-order valence-electron chi connectivity index (χ0n) is 18.4. The molecule has 11 heteroatoms. The summed E-state index contributed by atoms with van der Waals surface area (Å²) in [7, 11) is 0. The molecule has 1 atom stereocenters. The highest BCUT2D eigenvalue weighted by Gasteiger charge is 2.43. The number of ether oxygens (including phenoxy) is 3. The summed E-state index contributed by atoms with van der Waals surface area (Å²) in [5.74, 6) is -1.47. The fourth-order valence-electron chi connectivity index (χ4n) is 3.69. The van der Waals surface area contributed by atoms with Gasteiger partial charge < -0.3 is 24.0 Å². The monoisotopic (exact) mass is 459 g/mol. The molecule has 0 N–H and O–H groups in total. The highest BCUT2D eigenvalue weighted by molar-refractivity contribution is 5.81. The predicted molar refractivity (Wildman–Crippen MR) is 107 cm³/mol. The fraction of sp³-hybridized carbons (Fsp3) is 0.667. The number of halogens is 3. The predicted octanol–water partition coefficient (Wildman–Crippen LogP) is 3.39. The lowest BCUT2D eigenvalue weighted by molar-refractivity contribution is -0.187. The van der Waals surface area contributed by atoms with Crippen LogP contribution in [0.3, 0.4) is 0 Å². The SMILES string of the molecule is CC(C)(C)OC(=O)N1CCCC(CN(Cc2cc3c(cn2)OCCO3)C(=O)C(F)(F)F)C1. The van der Waals surface area contributed by atoms with Crippen LogP contribution in [-0.2, 0) is 16.1 Å². The first-order valence-electron chi connectivity index (χ1n) is 10.5. The molecule has 8 nitrogen and oxygen atoms in total. The summed E-state index contributed by atoms with van der Waals surface area (Å²) in [6, 6.07) is 1.49. The minimum Gasteiger partial charge on any atom is -0.486 e. The highest BCUT2D eigenvalue weighted by Crippen LogP contribution is 2.31. The van der Waals surface area contributed by atoms with Crippen molar-refractivity contribution in [1.82, 2.24) is 14.8 Å². The van der Waals surface area contributed by atoms with E-state index in [9.17, 15) is 22.8 Å². The quantitative estimate of drug-likeness (QED) is 0.687. The van der Waals surface area contributed by atoms with Crippen LogP contribution in [0.1, 0.15) is 39.3 Å². The fourth-order valence-corrected chi connectivity index (χ4v) is 3.69. The van der Waals surface area contributed by atoms with Crippen LogP contribution in [0.15, 0.2) is 12.3 Å². The van der Waals surface area contributed by atoms with E-state index < -0.39 is 23.8 Å². The summed E-state index contributed by atoms with van der Waals surface area (Å²) in [5, 5.41) is 0. The first kappa shape index (κ1) is 23.9. The van der Waals surface area contributed by atoms with Crippen molar-refractivity contribution in [2.75, 3.05) is 32.8 Å². The van der Waals surface area contributed by atoms with Gasteiger partial charge in [-0.25, -0.2) is 4.79 Å². The number of rotatable bonds is 4. The third-order valence-electron chi connectivity index (χ3n) is 5.02. The van der Waals surface area contributed by atoms with Crippen LogP contribution >= 0.6 is 0 Å². The Morgan fingerprint density at radius 1 is 1.22 bits per heavy atom. The lowest BCUT2D eigenvalue weighted by Gasteiger charge is -2.36. The molecule has 1 unspecified atom stereocenters.